The smallest absolute Gasteiger partial charge is 0.164 e. The highest BCUT2D eigenvalue weighted by atomic mass is 16.3. The lowest BCUT2D eigenvalue weighted by atomic mass is 9.93. The minimum absolute atomic E-state index is 0.621. The third-order valence-corrected chi connectivity index (χ3v) is 10.1. The number of aromatic nitrogens is 3. The summed E-state index contributed by atoms with van der Waals surface area (Å²) in [6.07, 6.45) is 0. The van der Waals surface area contributed by atoms with Gasteiger partial charge in [-0.3, -0.25) is 0 Å². The van der Waals surface area contributed by atoms with Crippen molar-refractivity contribution in [3.8, 4) is 45.3 Å². The van der Waals surface area contributed by atoms with Crippen LogP contribution >= 0.6 is 0 Å². The third-order valence-electron chi connectivity index (χ3n) is 10.1. The van der Waals surface area contributed by atoms with Crippen LogP contribution in [0.15, 0.2) is 173 Å². The number of para-hydroxylation sites is 2. The summed E-state index contributed by atoms with van der Waals surface area (Å²) in [6, 6.07) is 56.0. The average Bonchev–Trinajstić information content (AvgIpc) is 3.81. The molecule has 0 radical (unpaired) electrons. The molecule has 8 aromatic carbocycles. The first-order chi connectivity index (χ1) is 25.8. The minimum atomic E-state index is 0.621. The number of hydrogen-bond donors (Lipinski definition) is 0. The highest BCUT2D eigenvalue weighted by Crippen LogP contribution is 2.47. The van der Waals surface area contributed by atoms with Crippen molar-refractivity contribution in [2.75, 3.05) is 0 Å². The van der Waals surface area contributed by atoms with Gasteiger partial charge < -0.3 is 8.83 Å². The number of fused-ring (bicyclic) bond motifs is 11. The summed E-state index contributed by atoms with van der Waals surface area (Å²) in [5, 5.41) is 8.54. The molecule has 0 atom stereocenters. The maximum absolute atomic E-state index is 6.96. The van der Waals surface area contributed by atoms with E-state index >= 15 is 0 Å². The Morgan fingerprint density at radius 1 is 0.288 bits per heavy atom. The van der Waals surface area contributed by atoms with Gasteiger partial charge in [-0.25, -0.2) is 15.0 Å². The zero-order chi connectivity index (χ0) is 34.2. The first-order valence-electron chi connectivity index (χ1n) is 17.4. The molecule has 0 spiro atoms. The van der Waals surface area contributed by atoms with Crippen molar-refractivity contribution in [2.24, 2.45) is 0 Å². The van der Waals surface area contributed by atoms with Crippen LogP contribution in [0.3, 0.4) is 0 Å². The quantitative estimate of drug-likeness (QED) is 0.187. The molecule has 11 rings (SSSR count). The van der Waals surface area contributed by atoms with Crippen molar-refractivity contribution >= 4 is 65.4 Å². The molecule has 0 amide bonds. The van der Waals surface area contributed by atoms with Gasteiger partial charge in [-0.05, 0) is 33.9 Å². The van der Waals surface area contributed by atoms with E-state index in [9.17, 15) is 0 Å². The Bertz CT molecular complexity index is 3120. The van der Waals surface area contributed by atoms with Gasteiger partial charge >= 0.3 is 0 Å². The summed E-state index contributed by atoms with van der Waals surface area (Å²) >= 11 is 0. The maximum atomic E-state index is 6.96. The van der Waals surface area contributed by atoms with Gasteiger partial charge in [0, 0.05) is 43.8 Å². The molecule has 3 aromatic heterocycles. The van der Waals surface area contributed by atoms with Crippen LogP contribution in [0.5, 0.6) is 0 Å². The van der Waals surface area contributed by atoms with Gasteiger partial charge in [0.05, 0.1) is 5.39 Å². The zero-order valence-electron chi connectivity index (χ0n) is 27.7. The topological polar surface area (TPSA) is 65.0 Å². The standard InChI is InChI=1S/C47H27N3O2/c1-3-14-28(15-4-1)45-48-46(29-16-5-2-6-17-29)50-47(49-45)36-27-26-32(30-18-7-8-19-31(30)36)34-23-13-24-38-41-43(52-42(34)38)35-21-10-9-20-33(35)40-37-22-11-12-25-39(37)51-44(40)41/h1-27H. The van der Waals surface area contributed by atoms with E-state index in [2.05, 4.69) is 91.0 Å². The van der Waals surface area contributed by atoms with Crippen LogP contribution in [0.2, 0.25) is 0 Å². The molecular formula is C47H27N3O2. The van der Waals surface area contributed by atoms with Gasteiger partial charge in [0.15, 0.2) is 17.5 Å². The SMILES string of the molecule is c1ccc(-c2nc(-c3ccccc3)nc(-c3ccc(-c4cccc5c4oc4c6ccccc6c6c7ccccc7oc6c54)c4ccccc34)n2)cc1. The minimum Gasteiger partial charge on any atom is -0.455 e. The molecule has 0 aliphatic carbocycles. The number of rotatable bonds is 4. The van der Waals surface area contributed by atoms with Crippen LogP contribution in [-0.4, -0.2) is 15.0 Å². The van der Waals surface area contributed by atoms with Crippen molar-refractivity contribution in [1.82, 2.24) is 15.0 Å². The summed E-state index contributed by atoms with van der Waals surface area (Å²) in [4.78, 5) is 15.0. The molecule has 0 aliphatic rings. The van der Waals surface area contributed by atoms with Crippen LogP contribution in [-0.2, 0) is 0 Å². The Balaban J connectivity index is 1.16. The molecular weight excluding hydrogens is 639 g/mol. The summed E-state index contributed by atoms with van der Waals surface area (Å²) in [6.45, 7) is 0. The molecule has 3 heterocycles. The molecule has 5 heteroatoms. The van der Waals surface area contributed by atoms with Crippen molar-refractivity contribution in [1.29, 1.82) is 0 Å². The molecule has 5 nitrogen and oxygen atoms in total. The van der Waals surface area contributed by atoms with E-state index < -0.39 is 0 Å². The summed E-state index contributed by atoms with van der Waals surface area (Å²) in [7, 11) is 0. The molecule has 242 valence electrons. The monoisotopic (exact) mass is 665 g/mol. The Kier molecular flexibility index (Phi) is 6.18. The molecule has 0 fully saturated rings. The maximum Gasteiger partial charge on any atom is 0.164 e. The van der Waals surface area contributed by atoms with Crippen LogP contribution in [0.25, 0.3) is 111 Å². The molecule has 0 N–H and O–H groups in total. The lowest BCUT2D eigenvalue weighted by Gasteiger charge is -2.13. The predicted octanol–water partition coefficient (Wildman–Crippen LogP) is 12.6. The average molecular weight is 666 g/mol. The predicted molar refractivity (Wildman–Crippen MR) is 211 cm³/mol. The van der Waals surface area contributed by atoms with E-state index in [1.807, 2.05) is 72.8 Å². The van der Waals surface area contributed by atoms with E-state index in [1.54, 1.807) is 0 Å². The van der Waals surface area contributed by atoms with Crippen LogP contribution in [0.4, 0.5) is 0 Å². The second-order valence-corrected chi connectivity index (χ2v) is 13.1. The molecule has 0 bridgehead atoms. The molecule has 11 aromatic rings. The number of nitrogens with zero attached hydrogens (tertiary/aromatic N) is 3. The van der Waals surface area contributed by atoms with Gasteiger partial charge in [0.25, 0.3) is 0 Å². The lowest BCUT2D eigenvalue weighted by molar-refractivity contribution is 0.666. The largest absolute Gasteiger partial charge is 0.455 e. The Labute approximate surface area is 297 Å². The summed E-state index contributed by atoms with van der Waals surface area (Å²) in [5.41, 5.74) is 8.26. The molecule has 0 aliphatic heterocycles. The molecule has 0 saturated carbocycles. The number of furan rings is 2. The van der Waals surface area contributed by atoms with E-state index in [-0.39, 0.29) is 0 Å². The van der Waals surface area contributed by atoms with E-state index in [0.717, 1.165) is 93.2 Å². The summed E-state index contributed by atoms with van der Waals surface area (Å²) in [5.74, 6) is 1.89. The van der Waals surface area contributed by atoms with Gasteiger partial charge in [-0.15, -0.1) is 0 Å². The van der Waals surface area contributed by atoms with E-state index in [1.165, 1.54) is 0 Å². The Hall–Kier alpha value is -7.11. The number of hydrogen-bond acceptors (Lipinski definition) is 5. The van der Waals surface area contributed by atoms with Crippen molar-refractivity contribution in [3.05, 3.63) is 164 Å². The van der Waals surface area contributed by atoms with Gasteiger partial charge in [0.1, 0.15) is 22.3 Å². The summed E-state index contributed by atoms with van der Waals surface area (Å²) < 4.78 is 13.6. The van der Waals surface area contributed by atoms with E-state index in [4.69, 9.17) is 23.8 Å². The van der Waals surface area contributed by atoms with Crippen molar-refractivity contribution < 1.29 is 8.83 Å². The fraction of sp³-hybridized carbons (Fsp3) is 0. The molecule has 0 saturated heterocycles. The second kappa shape index (κ2) is 11.2. The molecule has 52 heavy (non-hydrogen) atoms. The third kappa shape index (κ3) is 4.26. The zero-order valence-corrected chi connectivity index (χ0v) is 27.7. The van der Waals surface area contributed by atoms with Crippen LogP contribution in [0.1, 0.15) is 0 Å². The van der Waals surface area contributed by atoms with Crippen molar-refractivity contribution in [3.63, 3.8) is 0 Å². The van der Waals surface area contributed by atoms with Crippen LogP contribution in [0, 0.1) is 0 Å². The highest BCUT2D eigenvalue weighted by molar-refractivity contribution is 6.34. The molecule has 0 unspecified atom stereocenters. The second-order valence-electron chi connectivity index (χ2n) is 13.1. The van der Waals surface area contributed by atoms with E-state index in [0.29, 0.717) is 17.5 Å². The number of benzene rings is 8. The normalized spacial score (nSPS) is 11.8. The van der Waals surface area contributed by atoms with Gasteiger partial charge in [-0.2, -0.15) is 0 Å². The first-order valence-corrected chi connectivity index (χ1v) is 17.4. The van der Waals surface area contributed by atoms with Gasteiger partial charge in [-0.1, -0.05) is 152 Å². The fourth-order valence-electron chi connectivity index (χ4n) is 7.79. The highest BCUT2D eigenvalue weighted by Gasteiger charge is 2.23. The van der Waals surface area contributed by atoms with Crippen molar-refractivity contribution in [2.45, 2.75) is 0 Å². The fourth-order valence-corrected chi connectivity index (χ4v) is 7.79. The first kappa shape index (κ1) is 28.7. The van der Waals surface area contributed by atoms with Gasteiger partial charge in [0.2, 0.25) is 0 Å². The van der Waals surface area contributed by atoms with Crippen LogP contribution < -0.4 is 0 Å². The Morgan fingerprint density at radius 3 is 1.54 bits per heavy atom. The lowest BCUT2D eigenvalue weighted by Crippen LogP contribution is -2.00. The Morgan fingerprint density at radius 2 is 0.827 bits per heavy atom.